The summed E-state index contributed by atoms with van der Waals surface area (Å²) in [6.45, 7) is 29.3. The highest BCUT2D eigenvalue weighted by molar-refractivity contribution is 6.13. The Bertz CT molecular complexity index is 3680. The second-order valence-electron chi connectivity index (χ2n) is 24.8. The number of hydrogen-bond acceptors (Lipinski definition) is 3. The maximum Gasteiger partial charge on any atom is 0.137 e. The predicted molar refractivity (Wildman–Crippen MR) is 322 cm³/mol. The molecule has 2 heterocycles. The maximum atomic E-state index is 7.44. The first kappa shape index (κ1) is 50.2. The van der Waals surface area contributed by atoms with Gasteiger partial charge < -0.3 is 23.5 Å². The lowest BCUT2D eigenvalue weighted by Crippen LogP contribution is -2.14. The molecule has 0 atom stereocenters. The minimum absolute atomic E-state index is 0.0103. The largest absolute Gasteiger partial charge is 0.456 e. The number of benzene rings is 9. The van der Waals surface area contributed by atoms with Crippen molar-refractivity contribution >= 4 is 60.7 Å². The van der Waals surface area contributed by atoms with Crippen LogP contribution in [0.1, 0.15) is 111 Å². The van der Waals surface area contributed by atoms with Crippen molar-refractivity contribution in [2.24, 2.45) is 0 Å². The van der Waals surface area contributed by atoms with Gasteiger partial charge in [0.25, 0.3) is 0 Å². The Kier molecular flexibility index (Phi) is 12.3. The van der Waals surface area contributed by atoms with Gasteiger partial charge in [0.1, 0.15) is 23.0 Å². The molecule has 9 aromatic carbocycles. The number of rotatable bonds is 9. The molecule has 0 radical (unpaired) electrons. The van der Waals surface area contributed by atoms with Crippen molar-refractivity contribution in [3.05, 3.63) is 222 Å². The second-order valence-corrected chi connectivity index (χ2v) is 24.8. The van der Waals surface area contributed by atoms with Gasteiger partial charge in [0.15, 0.2) is 0 Å². The molecule has 11 rings (SSSR count). The third kappa shape index (κ3) is 9.20. The lowest BCUT2D eigenvalue weighted by Gasteiger charge is -2.29. The lowest BCUT2D eigenvalue weighted by molar-refractivity contribution is 0.459. The molecule has 0 aliphatic rings. The van der Waals surface area contributed by atoms with Gasteiger partial charge in [-0.15, -0.1) is 0 Å². The molecule has 0 amide bonds. The first-order chi connectivity index (χ1) is 36.1. The summed E-state index contributed by atoms with van der Waals surface area (Å²) in [4.78, 5) is 2.33. The Morgan fingerprint density at radius 2 is 0.632 bits per heavy atom. The lowest BCUT2D eigenvalue weighted by atomic mass is 9.86. The smallest absolute Gasteiger partial charge is 0.137 e. The van der Waals surface area contributed by atoms with E-state index in [4.69, 9.17) is 9.47 Å². The maximum absolute atomic E-state index is 7.44. The average molecular weight is 998 g/mol. The van der Waals surface area contributed by atoms with E-state index in [1.165, 1.54) is 22.3 Å². The van der Waals surface area contributed by atoms with E-state index >= 15 is 0 Å². The van der Waals surface area contributed by atoms with Crippen molar-refractivity contribution in [2.45, 2.75) is 112 Å². The molecule has 2 aromatic heterocycles. The molecule has 0 fully saturated rings. The molecule has 5 nitrogen and oxygen atoms in total. The van der Waals surface area contributed by atoms with Crippen LogP contribution in [0, 0.1) is 6.92 Å². The van der Waals surface area contributed by atoms with Crippen LogP contribution in [0.15, 0.2) is 194 Å². The van der Waals surface area contributed by atoms with Crippen molar-refractivity contribution in [1.82, 2.24) is 9.13 Å². The van der Waals surface area contributed by atoms with E-state index < -0.39 is 0 Å². The average Bonchev–Trinajstić information content (AvgIpc) is 3.93. The zero-order valence-corrected chi connectivity index (χ0v) is 46.6. The zero-order chi connectivity index (χ0) is 53.5. The number of ether oxygens (including phenoxy) is 2. The van der Waals surface area contributed by atoms with E-state index in [9.17, 15) is 0 Å². The quantitative estimate of drug-likeness (QED) is 0.144. The molecule has 0 N–H and O–H groups in total. The fraction of sp³-hybridized carbons (Fsp3) is 0.239. The summed E-state index contributed by atoms with van der Waals surface area (Å²) in [7, 11) is 0. The van der Waals surface area contributed by atoms with E-state index in [1.54, 1.807) is 0 Å². The van der Waals surface area contributed by atoms with Gasteiger partial charge in [-0.25, -0.2) is 0 Å². The van der Waals surface area contributed by atoms with Gasteiger partial charge in [-0.2, -0.15) is 0 Å². The highest BCUT2D eigenvalue weighted by Gasteiger charge is 2.25. The van der Waals surface area contributed by atoms with Crippen LogP contribution in [0.4, 0.5) is 17.1 Å². The molecule has 0 spiro atoms. The summed E-state index contributed by atoms with van der Waals surface area (Å²) in [5.74, 6) is 2.93. The van der Waals surface area contributed by atoms with Crippen LogP contribution in [0.2, 0.25) is 0 Å². The summed E-state index contributed by atoms with van der Waals surface area (Å²) >= 11 is 0. The van der Waals surface area contributed by atoms with Crippen LogP contribution in [0.5, 0.6) is 23.0 Å². The summed E-state index contributed by atoms with van der Waals surface area (Å²) < 4.78 is 19.6. The van der Waals surface area contributed by atoms with E-state index in [1.807, 2.05) is 0 Å². The molecular weight excluding hydrogens is 927 g/mol. The molecule has 0 unspecified atom stereocenters. The van der Waals surface area contributed by atoms with Gasteiger partial charge in [-0.05, 0) is 136 Å². The topological polar surface area (TPSA) is 31.6 Å². The van der Waals surface area contributed by atoms with Crippen molar-refractivity contribution in [1.29, 1.82) is 0 Å². The third-order valence-corrected chi connectivity index (χ3v) is 15.3. The minimum atomic E-state index is -0.0103. The minimum Gasteiger partial charge on any atom is -0.456 e. The van der Waals surface area contributed by atoms with Crippen LogP contribution >= 0.6 is 0 Å². The molecule has 382 valence electrons. The Labute approximate surface area is 450 Å². The van der Waals surface area contributed by atoms with Gasteiger partial charge in [-0.1, -0.05) is 180 Å². The summed E-state index contributed by atoms with van der Waals surface area (Å²) in [5, 5.41) is 4.33. The van der Waals surface area contributed by atoms with E-state index in [-0.39, 0.29) is 21.7 Å². The molecule has 0 aliphatic heterocycles. The Hall–Kier alpha value is -8.02. The first-order valence-electron chi connectivity index (χ1n) is 26.9. The standard InChI is InChI=1S/C71H71N3O2/c1-46-64(75-62-26-18-24-60-66(62)56-20-14-16-22-58(56)73(60)53-40-32-49(33-41-53)70(8,9)10)44-55(72(51-36-28-47(29-37-51)68(2,3)4)52-38-30-48(31-39-52)69(5,6)7)45-65(46)76-63-27-19-25-61-67(63)57-21-15-17-23-59(57)74(61)54-42-34-50(35-43-54)71(11,12)13/h14-45H,1-13H3. The van der Waals surface area contributed by atoms with Crippen LogP contribution in [0.3, 0.4) is 0 Å². The van der Waals surface area contributed by atoms with Crippen molar-refractivity contribution < 1.29 is 9.47 Å². The van der Waals surface area contributed by atoms with E-state index in [0.717, 1.165) is 89.1 Å². The second kappa shape index (κ2) is 18.7. The molecule has 0 saturated heterocycles. The van der Waals surface area contributed by atoms with Gasteiger partial charge in [0, 0.05) is 51.2 Å². The van der Waals surface area contributed by atoms with E-state index in [2.05, 4.69) is 298 Å². The third-order valence-electron chi connectivity index (χ3n) is 15.3. The molecule has 0 saturated carbocycles. The molecule has 11 aromatic rings. The van der Waals surface area contributed by atoms with Gasteiger partial charge >= 0.3 is 0 Å². The monoisotopic (exact) mass is 998 g/mol. The van der Waals surface area contributed by atoms with E-state index in [0.29, 0.717) is 11.5 Å². The fourth-order valence-electron chi connectivity index (χ4n) is 10.8. The van der Waals surface area contributed by atoms with Crippen LogP contribution < -0.4 is 14.4 Å². The summed E-state index contributed by atoms with van der Waals surface area (Å²) in [6, 6.07) is 70.6. The molecule has 76 heavy (non-hydrogen) atoms. The van der Waals surface area contributed by atoms with Crippen LogP contribution in [-0.4, -0.2) is 9.13 Å². The zero-order valence-electron chi connectivity index (χ0n) is 46.6. The number of anilines is 3. The fourth-order valence-corrected chi connectivity index (χ4v) is 10.8. The summed E-state index contributed by atoms with van der Waals surface area (Å²) in [6.07, 6.45) is 0. The molecule has 0 aliphatic carbocycles. The first-order valence-corrected chi connectivity index (χ1v) is 26.9. The Morgan fingerprint density at radius 3 is 0.974 bits per heavy atom. The molecule has 0 bridgehead atoms. The number of aromatic nitrogens is 2. The van der Waals surface area contributed by atoms with Crippen LogP contribution in [0.25, 0.3) is 55.0 Å². The number of hydrogen-bond donors (Lipinski definition) is 0. The normalized spacial score (nSPS) is 12.5. The number of nitrogens with zero attached hydrogens (tertiary/aromatic N) is 3. The molecule has 5 heteroatoms. The highest BCUT2D eigenvalue weighted by atomic mass is 16.5. The Balaban J connectivity index is 1.12. The molecular formula is C71H71N3O2. The number of fused-ring (bicyclic) bond motifs is 6. The van der Waals surface area contributed by atoms with Gasteiger partial charge in [0.2, 0.25) is 0 Å². The van der Waals surface area contributed by atoms with Crippen molar-refractivity contribution in [3.63, 3.8) is 0 Å². The van der Waals surface area contributed by atoms with Gasteiger partial charge in [-0.3, -0.25) is 0 Å². The van der Waals surface area contributed by atoms with Gasteiger partial charge in [0.05, 0.1) is 38.5 Å². The van der Waals surface area contributed by atoms with Crippen molar-refractivity contribution in [2.75, 3.05) is 4.90 Å². The Morgan fingerprint density at radius 1 is 0.316 bits per heavy atom. The predicted octanol–water partition coefficient (Wildman–Crippen LogP) is 20.4. The van der Waals surface area contributed by atoms with Crippen molar-refractivity contribution in [3.8, 4) is 34.4 Å². The SMILES string of the molecule is Cc1c(Oc2cccc3c2c2ccccc2n3-c2ccc(C(C)(C)C)cc2)cc(N(c2ccc(C(C)(C)C)cc2)c2ccc(C(C)(C)C)cc2)cc1Oc1cccc2c1c1ccccc1n2-c1ccc(C(C)(C)C)cc1. The number of para-hydroxylation sites is 2. The highest BCUT2D eigenvalue weighted by Crippen LogP contribution is 2.48. The van der Waals surface area contributed by atoms with Crippen LogP contribution in [-0.2, 0) is 21.7 Å². The summed E-state index contributed by atoms with van der Waals surface area (Å²) in [5.41, 5.74) is 15.6.